The lowest BCUT2D eigenvalue weighted by Gasteiger charge is -2.34. The molecule has 0 saturated carbocycles. The van der Waals surface area contributed by atoms with Crippen molar-refractivity contribution >= 4 is 21.4 Å². The zero-order chi connectivity index (χ0) is 18.7. The van der Waals surface area contributed by atoms with Gasteiger partial charge in [0.25, 0.3) is 0 Å². The van der Waals surface area contributed by atoms with Crippen LogP contribution in [0.3, 0.4) is 0 Å². The molecule has 1 aliphatic rings. The first kappa shape index (κ1) is 19.5. The van der Waals surface area contributed by atoms with Crippen LogP contribution in [0.1, 0.15) is 12.8 Å². The summed E-state index contributed by atoms with van der Waals surface area (Å²) in [4.78, 5) is 12.6. The number of ether oxygens (including phenoxy) is 1. The first-order chi connectivity index (χ1) is 11.5. The molecule has 0 radical (unpaired) electrons. The van der Waals surface area contributed by atoms with Crippen molar-refractivity contribution in [2.75, 3.05) is 31.3 Å². The molecule has 0 aliphatic carbocycles. The molecular weight excluding hydrogens is 361 g/mol. The minimum Gasteiger partial charge on any atom is -0.484 e. The Hall–Kier alpha value is -1.81. The molecule has 0 atom stereocenters. The van der Waals surface area contributed by atoms with E-state index in [9.17, 15) is 26.4 Å². The second-order valence-electron chi connectivity index (χ2n) is 5.90. The van der Waals surface area contributed by atoms with E-state index in [2.05, 4.69) is 15.4 Å². The van der Waals surface area contributed by atoms with Crippen LogP contribution >= 0.6 is 0 Å². The number of sulfone groups is 1. The smallest absolute Gasteiger partial charge is 0.422 e. The van der Waals surface area contributed by atoms with E-state index in [-0.39, 0.29) is 24.3 Å². The zero-order valence-corrected chi connectivity index (χ0v) is 14.3. The van der Waals surface area contributed by atoms with Crippen LogP contribution < -0.4 is 15.4 Å². The second kappa shape index (κ2) is 7.20. The maximum Gasteiger partial charge on any atom is 0.422 e. The van der Waals surface area contributed by atoms with Crippen molar-refractivity contribution in [3.63, 3.8) is 0 Å². The van der Waals surface area contributed by atoms with Gasteiger partial charge in [0.1, 0.15) is 5.75 Å². The van der Waals surface area contributed by atoms with Crippen LogP contribution in [-0.2, 0) is 14.6 Å². The van der Waals surface area contributed by atoms with Crippen LogP contribution in [0.15, 0.2) is 24.3 Å². The lowest BCUT2D eigenvalue weighted by Crippen LogP contribution is -2.55. The summed E-state index contributed by atoms with van der Waals surface area (Å²) in [6.45, 7) is -0.599. The number of alkyl halides is 3. The van der Waals surface area contributed by atoms with E-state index in [0.29, 0.717) is 13.1 Å². The minimum atomic E-state index is -4.44. The van der Waals surface area contributed by atoms with Crippen LogP contribution in [0.4, 0.5) is 18.9 Å². The van der Waals surface area contributed by atoms with E-state index in [0.717, 1.165) is 6.26 Å². The summed E-state index contributed by atoms with van der Waals surface area (Å²) in [5.74, 6) is -0.643. The first-order valence-corrected chi connectivity index (χ1v) is 9.44. The van der Waals surface area contributed by atoms with E-state index in [1.165, 1.54) is 24.3 Å². The maximum atomic E-state index is 12.6. The molecule has 10 heteroatoms. The summed E-state index contributed by atoms with van der Waals surface area (Å²) in [6, 6.07) is 5.27. The van der Waals surface area contributed by atoms with Crippen LogP contribution in [0.2, 0.25) is 0 Å². The van der Waals surface area contributed by atoms with Gasteiger partial charge in [-0.05, 0) is 50.2 Å². The highest BCUT2D eigenvalue weighted by atomic mass is 32.2. The van der Waals surface area contributed by atoms with Crippen molar-refractivity contribution in [1.82, 2.24) is 5.32 Å². The maximum absolute atomic E-state index is 12.6. The van der Waals surface area contributed by atoms with Crippen molar-refractivity contribution in [3.8, 4) is 5.75 Å². The molecule has 1 aliphatic heterocycles. The molecule has 2 N–H and O–H groups in total. The Morgan fingerprint density at radius 3 is 2.28 bits per heavy atom. The zero-order valence-electron chi connectivity index (χ0n) is 13.5. The highest BCUT2D eigenvalue weighted by Crippen LogP contribution is 2.30. The molecule has 1 fully saturated rings. The van der Waals surface area contributed by atoms with Crippen LogP contribution in [0.5, 0.6) is 5.75 Å². The number of carbonyl (C=O) groups is 1. The summed E-state index contributed by atoms with van der Waals surface area (Å²) >= 11 is 0. The van der Waals surface area contributed by atoms with Crippen molar-refractivity contribution < 1.29 is 31.1 Å². The van der Waals surface area contributed by atoms with Crippen molar-refractivity contribution in [3.05, 3.63) is 24.3 Å². The van der Waals surface area contributed by atoms with Gasteiger partial charge in [0, 0.05) is 11.9 Å². The number of hydrogen-bond donors (Lipinski definition) is 2. The molecule has 0 aromatic heterocycles. The van der Waals surface area contributed by atoms with Gasteiger partial charge in [-0.2, -0.15) is 13.2 Å². The van der Waals surface area contributed by atoms with E-state index < -0.39 is 33.3 Å². The topological polar surface area (TPSA) is 84.5 Å². The SMILES string of the molecule is CS(=O)(=O)C1(C(=O)Nc2ccc(OCC(F)(F)F)cc2)CCNCC1. The third-order valence-electron chi connectivity index (χ3n) is 4.05. The Morgan fingerprint density at radius 1 is 1.24 bits per heavy atom. The van der Waals surface area contributed by atoms with Gasteiger partial charge in [0.15, 0.2) is 21.2 Å². The Labute approximate surface area is 143 Å². The number of halogens is 3. The van der Waals surface area contributed by atoms with Gasteiger partial charge in [0.2, 0.25) is 5.91 Å². The standard InChI is InChI=1S/C15H19F3N2O4S/c1-25(22,23)14(6-8-19-9-7-14)13(21)20-11-2-4-12(5-3-11)24-10-15(16,17)18/h2-5,19H,6-10H2,1H3,(H,20,21). The van der Waals surface area contributed by atoms with Gasteiger partial charge in [-0.15, -0.1) is 0 Å². The number of anilines is 1. The van der Waals surface area contributed by atoms with Crippen LogP contribution in [0.25, 0.3) is 0 Å². The number of rotatable bonds is 5. The molecule has 0 bridgehead atoms. The second-order valence-corrected chi connectivity index (χ2v) is 8.22. The first-order valence-electron chi connectivity index (χ1n) is 7.55. The Balaban J connectivity index is 2.09. The van der Waals surface area contributed by atoms with E-state index in [1.54, 1.807) is 0 Å². The predicted octanol–water partition coefficient (Wildman–Crippen LogP) is 1.73. The molecule has 25 heavy (non-hydrogen) atoms. The summed E-state index contributed by atoms with van der Waals surface area (Å²) in [5, 5.41) is 5.55. The summed E-state index contributed by atoms with van der Waals surface area (Å²) < 4.78 is 63.7. The molecule has 6 nitrogen and oxygen atoms in total. The molecule has 1 aromatic rings. The number of hydrogen-bond acceptors (Lipinski definition) is 5. The monoisotopic (exact) mass is 380 g/mol. The Bertz CT molecular complexity index is 711. The molecule has 0 unspecified atom stereocenters. The third-order valence-corrected chi connectivity index (χ3v) is 6.06. The molecule has 0 spiro atoms. The summed E-state index contributed by atoms with van der Waals surface area (Å²) in [7, 11) is -3.64. The summed E-state index contributed by atoms with van der Waals surface area (Å²) in [5.41, 5.74) is 0.283. The highest BCUT2D eigenvalue weighted by molar-refractivity contribution is 7.92. The summed E-state index contributed by atoms with van der Waals surface area (Å²) in [6.07, 6.45) is -3.09. The molecule has 140 valence electrons. The van der Waals surface area contributed by atoms with E-state index in [1.807, 2.05) is 0 Å². The highest BCUT2D eigenvalue weighted by Gasteiger charge is 2.48. The average Bonchev–Trinajstić information content (AvgIpc) is 2.53. The van der Waals surface area contributed by atoms with Crippen LogP contribution in [0, 0.1) is 0 Å². The average molecular weight is 380 g/mol. The molecule has 1 aromatic carbocycles. The lowest BCUT2D eigenvalue weighted by molar-refractivity contribution is -0.153. The quantitative estimate of drug-likeness (QED) is 0.813. The Morgan fingerprint density at radius 2 is 1.80 bits per heavy atom. The van der Waals surface area contributed by atoms with Crippen molar-refractivity contribution in [2.24, 2.45) is 0 Å². The largest absolute Gasteiger partial charge is 0.484 e. The van der Waals surface area contributed by atoms with E-state index >= 15 is 0 Å². The molecular formula is C15H19F3N2O4S. The number of nitrogens with one attached hydrogen (secondary N) is 2. The molecule has 1 amide bonds. The van der Waals surface area contributed by atoms with Crippen LogP contribution in [-0.4, -0.2) is 51.2 Å². The van der Waals surface area contributed by atoms with E-state index in [4.69, 9.17) is 0 Å². The van der Waals surface area contributed by atoms with Crippen molar-refractivity contribution in [2.45, 2.75) is 23.8 Å². The van der Waals surface area contributed by atoms with Crippen molar-refractivity contribution in [1.29, 1.82) is 0 Å². The number of benzene rings is 1. The fourth-order valence-corrected chi connectivity index (χ4v) is 3.98. The van der Waals surface area contributed by atoms with Gasteiger partial charge in [-0.3, -0.25) is 4.79 Å². The number of piperidine rings is 1. The number of carbonyl (C=O) groups excluding carboxylic acids is 1. The Kier molecular flexibility index (Phi) is 5.62. The predicted molar refractivity (Wildman–Crippen MR) is 86.3 cm³/mol. The van der Waals surface area contributed by atoms with Gasteiger partial charge in [-0.25, -0.2) is 8.42 Å². The molecule has 2 rings (SSSR count). The fourth-order valence-electron chi connectivity index (χ4n) is 2.64. The van der Waals surface area contributed by atoms with Gasteiger partial charge < -0.3 is 15.4 Å². The minimum absolute atomic E-state index is 0.00461. The molecule has 1 saturated heterocycles. The van der Waals surface area contributed by atoms with Gasteiger partial charge in [-0.1, -0.05) is 0 Å². The lowest BCUT2D eigenvalue weighted by atomic mass is 9.95. The fraction of sp³-hybridized carbons (Fsp3) is 0.533. The normalized spacial score (nSPS) is 17.8. The third kappa shape index (κ3) is 4.85. The van der Waals surface area contributed by atoms with Gasteiger partial charge >= 0.3 is 6.18 Å². The number of amides is 1. The molecule has 1 heterocycles. The van der Waals surface area contributed by atoms with Gasteiger partial charge in [0.05, 0.1) is 0 Å².